The fraction of sp³-hybridized carbons (Fsp3) is 0.238. The molecule has 1 atom stereocenters. The number of thiazole rings is 1. The van der Waals surface area contributed by atoms with Crippen LogP contribution >= 0.6 is 11.3 Å². The summed E-state index contributed by atoms with van der Waals surface area (Å²) in [6.45, 7) is 1.94. The van der Waals surface area contributed by atoms with Crippen LogP contribution in [0.25, 0.3) is 16.9 Å². The van der Waals surface area contributed by atoms with Gasteiger partial charge in [-0.1, -0.05) is 12.1 Å². The van der Waals surface area contributed by atoms with E-state index in [0.717, 1.165) is 38.9 Å². The van der Waals surface area contributed by atoms with Crippen molar-refractivity contribution in [3.63, 3.8) is 0 Å². The van der Waals surface area contributed by atoms with Crippen LogP contribution in [-0.2, 0) is 22.9 Å². The van der Waals surface area contributed by atoms with Gasteiger partial charge in [-0.15, -0.1) is 11.3 Å². The molecule has 148 valence electrons. The summed E-state index contributed by atoms with van der Waals surface area (Å²) in [7, 11) is -3.27. The second-order valence-electron chi connectivity index (χ2n) is 7.46. The van der Waals surface area contributed by atoms with Crippen molar-refractivity contribution in [1.29, 1.82) is 0 Å². The summed E-state index contributed by atoms with van der Waals surface area (Å²) in [5.41, 5.74) is 5.69. The molecular weight excluding hydrogens is 404 g/mol. The molecule has 8 heteroatoms. The molecule has 1 aliphatic rings. The van der Waals surface area contributed by atoms with E-state index < -0.39 is 10.0 Å². The summed E-state index contributed by atoms with van der Waals surface area (Å²) in [6, 6.07) is 11.8. The normalized spacial score (nSPS) is 16.5. The molecule has 4 aromatic rings. The first-order chi connectivity index (χ1) is 13.9. The molecule has 0 N–H and O–H groups in total. The summed E-state index contributed by atoms with van der Waals surface area (Å²) in [5.74, 6) is 0. The molecule has 0 fully saturated rings. The Balaban J connectivity index is 1.42. The maximum atomic E-state index is 12.1. The van der Waals surface area contributed by atoms with Crippen molar-refractivity contribution in [3.05, 3.63) is 70.4 Å². The molecule has 0 radical (unpaired) electrons. The van der Waals surface area contributed by atoms with E-state index in [9.17, 15) is 8.42 Å². The van der Waals surface area contributed by atoms with Crippen molar-refractivity contribution in [2.45, 2.75) is 25.8 Å². The summed E-state index contributed by atoms with van der Waals surface area (Å²) >= 11 is 1.62. The number of pyridine rings is 1. The van der Waals surface area contributed by atoms with Crippen LogP contribution in [0.4, 0.5) is 5.69 Å². The van der Waals surface area contributed by atoms with Crippen LogP contribution in [0, 0.1) is 0 Å². The number of nitrogens with zero attached hydrogens (tertiary/aromatic N) is 4. The second-order valence-corrected chi connectivity index (χ2v) is 10.3. The predicted octanol–water partition coefficient (Wildman–Crippen LogP) is 3.76. The van der Waals surface area contributed by atoms with E-state index in [2.05, 4.69) is 16.4 Å². The molecule has 6 nitrogen and oxygen atoms in total. The van der Waals surface area contributed by atoms with Gasteiger partial charge in [0, 0.05) is 35.8 Å². The highest BCUT2D eigenvalue weighted by Gasteiger charge is 2.32. The van der Waals surface area contributed by atoms with Gasteiger partial charge in [0.15, 0.2) is 0 Å². The molecule has 3 aromatic heterocycles. The van der Waals surface area contributed by atoms with Crippen molar-refractivity contribution < 1.29 is 8.42 Å². The quantitative estimate of drug-likeness (QED) is 0.500. The van der Waals surface area contributed by atoms with E-state index in [1.54, 1.807) is 11.3 Å². The number of anilines is 1. The Hall–Kier alpha value is -2.71. The highest BCUT2D eigenvalue weighted by Crippen LogP contribution is 2.37. The largest absolute Gasteiger partial charge is 0.307 e. The number of fused-ring (bicyclic) bond motifs is 2. The molecule has 0 saturated carbocycles. The van der Waals surface area contributed by atoms with Gasteiger partial charge in [-0.2, -0.15) is 0 Å². The molecule has 4 heterocycles. The minimum absolute atomic E-state index is 0.0590. The average Bonchev–Trinajstić information content (AvgIpc) is 3.35. The molecule has 1 unspecified atom stereocenters. The van der Waals surface area contributed by atoms with Crippen LogP contribution in [0.3, 0.4) is 0 Å². The Morgan fingerprint density at radius 3 is 2.86 bits per heavy atom. The van der Waals surface area contributed by atoms with E-state index in [1.807, 2.05) is 54.0 Å². The van der Waals surface area contributed by atoms with Crippen molar-refractivity contribution in [2.75, 3.05) is 10.6 Å². The SMILES string of the molecule is CC1Cc2cc(-c3csc(Cc4cn5ccccc5n4)n3)ccc2N1S(C)(=O)=O. The Labute approximate surface area is 173 Å². The average molecular weight is 425 g/mol. The van der Waals surface area contributed by atoms with Crippen LogP contribution < -0.4 is 4.31 Å². The summed E-state index contributed by atoms with van der Waals surface area (Å²) in [5, 5.41) is 3.06. The first kappa shape index (κ1) is 18.3. The number of imidazole rings is 1. The molecule has 0 aliphatic carbocycles. The first-order valence-electron chi connectivity index (χ1n) is 9.38. The van der Waals surface area contributed by atoms with Crippen LogP contribution in [0.1, 0.15) is 23.2 Å². The molecule has 1 aromatic carbocycles. The van der Waals surface area contributed by atoms with Gasteiger partial charge in [0.1, 0.15) is 5.65 Å². The third-order valence-corrected chi connectivity index (χ3v) is 7.30. The minimum atomic E-state index is -3.27. The molecular formula is C21H20N4O2S2. The zero-order valence-electron chi connectivity index (χ0n) is 16.1. The van der Waals surface area contributed by atoms with Gasteiger partial charge < -0.3 is 4.40 Å². The van der Waals surface area contributed by atoms with Gasteiger partial charge in [0.2, 0.25) is 10.0 Å². The maximum Gasteiger partial charge on any atom is 0.232 e. The second kappa shape index (κ2) is 6.67. The molecule has 5 rings (SSSR count). The highest BCUT2D eigenvalue weighted by atomic mass is 32.2. The predicted molar refractivity (Wildman–Crippen MR) is 116 cm³/mol. The molecule has 1 aliphatic heterocycles. The standard InChI is InChI=1S/C21H20N4O2S2/c1-14-9-16-10-15(6-7-19(16)25(14)29(2,26)27)18-13-28-21(23-18)11-17-12-24-8-4-3-5-20(24)22-17/h3-8,10,12-14H,9,11H2,1-2H3. The van der Waals surface area contributed by atoms with Crippen LogP contribution in [-0.4, -0.2) is 35.1 Å². The summed E-state index contributed by atoms with van der Waals surface area (Å²) in [4.78, 5) is 9.44. The minimum Gasteiger partial charge on any atom is -0.307 e. The zero-order valence-corrected chi connectivity index (χ0v) is 17.7. The number of benzene rings is 1. The van der Waals surface area contributed by atoms with Crippen LogP contribution in [0.5, 0.6) is 0 Å². The molecule has 0 spiro atoms. The maximum absolute atomic E-state index is 12.1. The third kappa shape index (κ3) is 3.32. The fourth-order valence-corrected chi connectivity index (χ4v) is 6.10. The van der Waals surface area contributed by atoms with Crippen molar-refractivity contribution >= 4 is 32.7 Å². The van der Waals surface area contributed by atoms with Gasteiger partial charge in [0.25, 0.3) is 0 Å². The van der Waals surface area contributed by atoms with Gasteiger partial charge in [-0.3, -0.25) is 4.31 Å². The van der Waals surface area contributed by atoms with Crippen LogP contribution in [0.15, 0.2) is 54.2 Å². The fourth-order valence-electron chi connectivity index (χ4n) is 4.02. The topological polar surface area (TPSA) is 67.6 Å². The van der Waals surface area contributed by atoms with Crippen LogP contribution in [0.2, 0.25) is 0 Å². The van der Waals surface area contributed by atoms with Gasteiger partial charge in [0.05, 0.1) is 28.3 Å². The highest BCUT2D eigenvalue weighted by molar-refractivity contribution is 7.92. The molecule has 0 saturated heterocycles. The molecule has 0 amide bonds. The first-order valence-corrected chi connectivity index (χ1v) is 12.1. The smallest absolute Gasteiger partial charge is 0.232 e. The van der Waals surface area contributed by atoms with E-state index in [0.29, 0.717) is 12.8 Å². The Kier molecular flexibility index (Phi) is 4.22. The number of rotatable bonds is 4. The number of sulfonamides is 1. The lowest BCUT2D eigenvalue weighted by atomic mass is 10.1. The van der Waals surface area contributed by atoms with E-state index in [1.165, 1.54) is 10.6 Å². The lowest BCUT2D eigenvalue weighted by Gasteiger charge is -2.21. The zero-order chi connectivity index (χ0) is 20.2. The van der Waals surface area contributed by atoms with Crippen molar-refractivity contribution in [3.8, 4) is 11.3 Å². The Bertz CT molecular complexity index is 1290. The summed E-state index contributed by atoms with van der Waals surface area (Å²) < 4.78 is 27.8. The molecule has 29 heavy (non-hydrogen) atoms. The lowest BCUT2D eigenvalue weighted by Crippen LogP contribution is -2.34. The van der Waals surface area contributed by atoms with E-state index in [4.69, 9.17) is 4.98 Å². The summed E-state index contributed by atoms with van der Waals surface area (Å²) in [6.07, 6.45) is 6.70. The number of hydrogen-bond acceptors (Lipinski definition) is 5. The van der Waals surface area contributed by atoms with E-state index in [-0.39, 0.29) is 6.04 Å². The van der Waals surface area contributed by atoms with E-state index >= 15 is 0 Å². The number of hydrogen-bond donors (Lipinski definition) is 0. The molecule has 0 bridgehead atoms. The van der Waals surface area contributed by atoms with Crippen molar-refractivity contribution in [1.82, 2.24) is 14.4 Å². The van der Waals surface area contributed by atoms with Crippen molar-refractivity contribution in [2.24, 2.45) is 0 Å². The van der Waals surface area contributed by atoms with Gasteiger partial charge in [-0.25, -0.2) is 18.4 Å². The lowest BCUT2D eigenvalue weighted by molar-refractivity contribution is 0.590. The Morgan fingerprint density at radius 1 is 1.21 bits per heavy atom. The number of aromatic nitrogens is 3. The third-order valence-electron chi connectivity index (χ3n) is 5.18. The Morgan fingerprint density at radius 2 is 2.07 bits per heavy atom. The van der Waals surface area contributed by atoms with Gasteiger partial charge in [-0.05, 0) is 43.2 Å². The monoisotopic (exact) mass is 424 g/mol. The van der Waals surface area contributed by atoms with Gasteiger partial charge >= 0.3 is 0 Å².